The molecule has 1 rings (SSSR count). The molecule has 4 atom stereocenters. The van der Waals surface area contributed by atoms with Gasteiger partial charge >= 0.3 is 5.97 Å². The van der Waals surface area contributed by atoms with Gasteiger partial charge in [-0.3, -0.25) is 4.79 Å². The molecule has 2 N–H and O–H groups in total. The molecule has 0 spiro atoms. The van der Waals surface area contributed by atoms with Crippen LogP contribution in [0.15, 0.2) is 0 Å². The molecular formula is C17H31NO5. The van der Waals surface area contributed by atoms with E-state index in [9.17, 15) is 19.8 Å². The van der Waals surface area contributed by atoms with Crippen LogP contribution in [0.4, 0.5) is 0 Å². The lowest BCUT2D eigenvalue weighted by Crippen LogP contribution is -2.52. The van der Waals surface area contributed by atoms with E-state index in [1.54, 1.807) is 13.8 Å². The molecule has 1 amide bonds. The molecule has 1 aliphatic heterocycles. The molecule has 0 radical (unpaired) electrons. The molecule has 0 aromatic carbocycles. The first kappa shape index (κ1) is 19.9. The van der Waals surface area contributed by atoms with Gasteiger partial charge in [-0.05, 0) is 19.3 Å². The number of rotatable bonds is 8. The zero-order chi connectivity index (χ0) is 17.8. The lowest BCUT2D eigenvalue weighted by atomic mass is 9.79. The van der Waals surface area contributed by atoms with Gasteiger partial charge in [0.25, 0.3) is 0 Å². The molecule has 0 bridgehead atoms. The Bertz CT molecular complexity index is 421. The summed E-state index contributed by atoms with van der Waals surface area (Å²) in [4.78, 5) is 26.3. The molecule has 0 unspecified atom stereocenters. The number of aliphatic hydroxyl groups excluding tert-OH is 1. The van der Waals surface area contributed by atoms with Crippen LogP contribution in [0.2, 0.25) is 0 Å². The summed E-state index contributed by atoms with van der Waals surface area (Å²) in [6.45, 7) is 7.49. The van der Waals surface area contributed by atoms with Crippen molar-refractivity contribution in [3.63, 3.8) is 0 Å². The summed E-state index contributed by atoms with van der Waals surface area (Å²) in [5.74, 6) is -2.23. The molecule has 0 aromatic heterocycles. The third-order valence-electron chi connectivity index (χ3n) is 4.75. The number of hydrogen-bond acceptors (Lipinski definition) is 5. The third kappa shape index (κ3) is 4.04. The van der Waals surface area contributed by atoms with Crippen molar-refractivity contribution in [2.75, 3.05) is 13.7 Å². The highest BCUT2D eigenvalue weighted by molar-refractivity contribution is 5.92. The van der Waals surface area contributed by atoms with Gasteiger partial charge in [0, 0.05) is 6.54 Å². The lowest BCUT2D eigenvalue weighted by molar-refractivity contribution is -0.155. The molecule has 23 heavy (non-hydrogen) atoms. The summed E-state index contributed by atoms with van der Waals surface area (Å²) in [7, 11) is 1.24. The standard InChI is InChI=1S/C17H31NO5/c1-6-7-8-9-10-18-14(16(21)23-5)17(4,22)12(15(18)20)13(19)11(2)3/h11-14,19,22H,6-10H2,1-5H3/t12-,13+,14+,17-/m1/s1. The van der Waals surface area contributed by atoms with Crippen LogP contribution in [-0.2, 0) is 14.3 Å². The number of carbonyl (C=O) groups excluding carboxylic acids is 2. The van der Waals surface area contributed by atoms with E-state index in [0.717, 1.165) is 25.7 Å². The Labute approximate surface area is 138 Å². The maximum Gasteiger partial charge on any atom is 0.331 e. The quantitative estimate of drug-likeness (QED) is 0.518. The second-order valence-corrected chi connectivity index (χ2v) is 6.96. The maximum atomic E-state index is 12.8. The van der Waals surface area contributed by atoms with Gasteiger partial charge in [0.2, 0.25) is 5.91 Å². The van der Waals surface area contributed by atoms with Crippen molar-refractivity contribution in [3.8, 4) is 0 Å². The van der Waals surface area contributed by atoms with Crippen LogP contribution < -0.4 is 0 Å². The van der Waals surface area contributed by atoms with Crippen molar-refractivity contribution in [1.82, 2.24) is 4.90 Å². The SMILES string of the molecule is CCCCCCN1C(=O)[C@@H]([C@@H](O)C(C)C)[C@@](C)(O)[C@@H]1C(=O)OC. The molecular weight excluding hydrogens is 298 g/mol. The zero-order valence-electron chi connectivity index (χ0n) is 14.9. The summed E-state index contributed by atoms with van der Waals surface area (Å²) in [5.41, 5.74) is -1.65. The first-order chi connectivity index (χ1) is 10.7. The second kappa shape index (κ2) is 8.11. The number of ether oxygens (including phenoxy) is 1. The van der Waals surface area contributed by atoms with Crippen LogP contribution in [0.1, 0.15) is 53.4 Å². The minimum atomic E-state index is -1.65. The Balaban J connectivity index is 3.05. The van der Waals surface area contributed by atoms with Crippen LogP contribution in [0, 0.1) is 11.8 Å². The van der Waals surface area contributed by atoms with Crippen molar-refractivity contribution < 1.29 is 24.5 Å². The maximum absolute atomic E-state index is 12.8. The Morgan fingerprint density at radius 3 is 2.43 bits per heavy atom. The summed E-state index contributed by atoms with van der Waals surface area (Å²) >= 11 is 0. The van der Waals surface area contributed by atoms with E-state index in [-0.39, 0.29) is 11.8 Å². The number of esters is 1. The number of likely N-dealkylation sites (tertiary alicyclic amines) is 1. The number of carbonyl (C=O) groups is 2. The fourth-order valence-electron chi connectivity index (χ4n) is 3.34. The van der Waals surface area contributed by atoms with Crippen molar-refractivity contribution in [1.29, 1.82) is 0 Å². The van der Waals surface area contributed by atoms with Gasteiger partial charge in [0.05, 0.1) is 19.1 Å². The van der Waals surface area contributed by atoms with Crippen LogP contribution in [0.5, 0.6) is 0 Å². The van der Waals surface area contributed by atoms with E-state index < -0.39 is 29.6 Å². The predicted octanol–water partition coefficient (Wildman–Crippen LogP) is 1.33. The average molecular weight is 329 g/mol. The summed E-state index contributed by atoms with van der Waals surface area (Å²) in [6, 6.07) is -1.07. The molecule has 6 nitrogen and oxygen atoms in total. The highest BCUT2D eigenvalue weighted by atomic mass is 16.5. The first-order valence-electron chi connectivity index (χ1n) is 8.48. The minimum Gasteiger partial charge on any atom is -0.467 e. The van der Waals surface area contributed by atoms with Gasteiger partial charge in [-0.1, -0.05) is 40.0 Å². The number of methoxy groups -OCH3 is 1. The first-order valence-corrected chi connectivity index (χ1v) is 8.48. The third-order valence-corrected chi connectivity index (χ3v) is 4.75. The summed E-state index contributed by atoms with van der Waals surface area (Å²) in [5, 5.41) is 21.2. The van der Waals surface area contributed by atoms with E-state index in [1.807, 2.05) is 0 Å². The number of aliphatic hydroxyl groups is 2. The highest BCUT2D eigenvalue weighted by Crippen LogP contribution is 2.39. The minimum absolute atomic E-state index is 0.200. The van der Waals surface area contributed by atoms with Crippen molar-refractivity contribution in [3.05, 3.63) is 0 Å². The van der Waals surface area contributed by atoms with Gasteiger partial charge in [-0.25, -0.2) is 4.79 Å². The van der Waals surface area contributed by atoms with Crippen molar-refractivity contribution in [2.24, 2.45) is 11.8 Å². The van der Waals surface area contributed by atoms with Crippen LogP contribution >= 0.6 is 0 Å². The monoisotopic (exact) mass is 329 g/mol. The number of nitrogens with zero attached hydrogens (tertiary/aromatic N) is 1. The topological polar surface area (TPSA) is 87.1 Å². The van der Waals surface area contributed by atoms with Gasteiger partial charge in [-0.15, -0.1) is 0 Å². The van der Waals surface area contributed by atoms with Crippen LogP contribution in [0.3, 0.4) is 0 Å². The Hall–Kier alpha value is -1.14. The molecule has 134 valence electrons. The normalized spacial score (nSPS) is 29.2. The van der Waals surface area contributed by atoms with E-state index in [0.29, 0.717) is 6.54 Å². The molecule has 0 aromatic rings. The molecule has 0 saturated carbocycles. The summed E-state index contributed by atoms with van der Waals surface area (Å²) < 4.78 is 4.79. The van der Waals surface area contributed by atoms with E-state index in [4.69, 9.17) is 4.74 Å². The number of unbranched alkanes of at least 4 members (excludes halogenated alkanes) is 3. The van der Waals surface area contributed by atoms with E-state index in [2.05, 4.69) is 6.92 Å². The van der Waals surface area contributed by atoms with E-state index in [1.165, 1.54) is 18.9 Å². The summed E-state index contributed by atoms with van der Waals surface area (Å²) in [6.07, 6.45) is 2.83. The van der Waals surface area contributed by atoms with E-state index >= 15 is 0 Å². The van der Waals surface area contributed by atoms with Crippen LogP contribution in [-0.4, -0.2) is 58.4 Å². The Morgan fingerprint density at radius 2 is 1.96 bits per heavy atom. The molecule has 1 heterocycles. The molecule has 1 fully saturated rings. The molecule has 6 heteroatoms. The molecule has 0 aliphatic carbocycles. The zero-order valence-corrected chi connectivity index (χ0v) is 14.9. The number of amides is 1. The van der Waals surface area contributed by atoms with Gasteiger partial charge in [0.15, 0.2) is 6.04 Å². The van der Waals surface area contributed by atoms with Crippen LogP contribution in [0.25, 0.3) is 0 Å². The Kier molecular flexibility index (Phi) is 7.02. The van der Waals surface area contributed by atoms with Crippen molar-refractivity contribution >= 4 is 11.9 Å². The van der Waals surface area contributed by atoms with Gasteiger partial charge in [0.1, 0.15) is 5.60 Å². The van der Waals surface area contributed by atoms with Gasteiger partial charge < -0.3 is 19.8 Å². The second-order valence-electron chi connectivity index (χ2n) is 6.96. The fourth-order valence-corrected chi connectivity index (χ4v) is 3.34. The predicted molar refractivity (Wildman–Crippen MR) is 86.6 cm³/mol. The van der Waals surface area contributed by atoms with Gasteiger partial charge in [-0.2, -0.15) is 0 Å². The molecule has 1 aliphatic rings. The largest absolute Gasteiger partial charge is 0.467 e. The number of hydrogen-bond donors (Lipinski definition) is 2. The molecule has 1 saturated heterocycles. The highest BCUT2D eigenvalue weighted by Gasteiger charge is 2.61. The average Bonchev–Trinajstić information content (AvgIpc) is 2.68. The van der Waals surface area contributed by atoms with Crippen molar-refractivity contribution in [2.45, 2.75) is 71.1 Å². The Morgan fingerprint density at radius 1 is 1.35 bits per heavy atom. The smallest absolute Gasteiger partial charge is 0.331 e. The fraction of sp³-hybridized carbons (Fsp3) is 0.882. The lowest BCUT2D eigenvalue weighted by Gasteiger charge is -2.32.